The lowest BCUT2D eigenvalue weighted by molar-refractivity contribution is 0.0756. The van der Waals surface area contributed by atoms with E-state index in [0.29, 0.717) is 38.0 Å². The standard InChI is InChI=1S/C17H33N3O3S.HI/c1-4-16(7-6-8-16)13-19-15(18-5-2)20-14-17(24(3,21)22)9-11-23-12-10-17;/h4-14H2,1-3H3,(H2,18,19,20);1H. The quantitative estimate of drug-likeness (QED) is 0.328. The normalized spacial score (nSPS) is 22.4. The van der Waals surface area contributed by atoms with Crippen molar-refractivity contribution < 1.29 is 13.2 Å². The molecule has 0 amide bonds. The summed E-state index contributed by atoms with van der Waals surface area (Å²) in [5, 5.41) is 6.54. The van der Waals surface area contributed by atoms with E-state index in [2.05, 4.69) is 17.6 Å². The topological polar surface area (TPSA) is 79.8 Å². The van der Waals surface area contributed by atoms with Crippen LogP contribution in [-0.2, 0) is 14.6 Å². The zero-order valence-electron chi connectivity index (χ0n) is 15.8. The Labute approximate surface area is 169 Å². The molecule has 1 heterocycles. The van der Waals surface area contributed by atoms with Gasteiger partial charge in [-0.1, -0.05) is 13.3 Å². The molecule has 0 radical (unpaired) electrons. The number of rotatable bonds is 7. The third-order valence-corrected chi connectivity index (χ3v) is 7.98. The summed E-state index contributed by atoms with van der Waals surface area (Å²) in [5.74, 6) is 0.728. The zero-order chi connectivity index (χ0) is 17.7. The second-order valence-electron chi connectivity index (χ2n) is 7.32. The smallest absolute Gasteiger partial charge is 0.191 e. The minimum Gasteiger partial charge on any atom is -0.381 e. The SMILES string of the molecule is CCNC(=NCC1(CC)CCC1)NCC1(S(C)(=O)=O)CCOCC1.I. The van der Waals surface area contributed by atoms with E-state index in [-0.39, 0.29) is 24.0 Å². The molecule has 0 atom stereocenters. The highest BCUT2D eigenvalue weighted by Gasteiger charge is 2.42. The molecule has 1 aliphatic carbocycles. The molecule has 148 valence electrons. The van der Waals surface area contributed by atoms with E-state index in [0.717, 1.165) is 25.5 Å². The van der Waals surface area contributed by atoms with Gasteiger partial charge in [-0.05, 0) is 44.4 Å². The van der Waals surface area contributed by atoms with Crippen LogP contribution in [0.5, 0.6) is 0 Å². The third-order valence-electron chi connectivity index (χ3n) is 5.85. The lowest BCUT2D eigenvalue weighted by Crippen LogP contribution is -2.53. The maximum atomic E-state index is 12.3. The largest absolute Gasteiger partial charge is 0.381 e. The molecular formula is C17H34IN3O3S. The molecule has 2 fully saturated rings. The molecule has 0 aromatic carbocycles. The summed E-state index contributed by atoms with van der Waals surface area (Å²) >= 11 is 0. The van der Waals surface area contributed by atoms with Crippen LogP contribution in [0.4, 0.5) is 0 Å². The lowest BCUT2D eigenvalue weighted by atomic mass is 9.67. The summed E-state index contributed by atoms with van der Waals surface area (Å²) in [4.78, 5) is 4.74. The summed E-state index contributed by atoms with van der Waals surface area (Å²) in [5.41, 5.74) is 0.357. The van der Waals surface area contributed by atoms with Crippen LogP contribution in [0.2, 0.25) is 0 Å². The Morgan fingerprint density at radius 2 is 1.76 bits per heavy atom. The Bertz CT molecular complexity index is 536. The van der Waals surface area contributed by atoms with Gasteiger partial charge in [0.1, 0.15) is 0 Å². The molecule has 25 heavy (non-hydrogen) atoms. The van der Waals surface area contributed by atoms with E-state index in [4.69, 9.17) is 9.73 Å². The minimum atomic E-state index is -3.16. The van der Waals surface area contributed by atoms with Crippen molar-refractivity contribution in [1.82, 2.24) is 10.6 Å². The molecule has 0 spiro atoms. The Morgan fingerprint density at radius 3 is 2.20 bits per heavy atom. The monoisotopic (exact) mass is 487 g/mol. The molecule has 0 bridgehead atoms. The van der Waals surface area contributed by atoms with Gasteiger partial charge in [0.15, 0.2) is 15.8 Å². The first-order valence-electron chi connectivity index (χ1n) is 9.16. The van der Waals surface area contributed by atoms with Gasteiger partial charge in [-0.15, -0.1) is 24.0 Å². The Hall–Kier alpha value is -0.0900. The fraction of sp³-hybridized carbons (Fsp3) is 0.941. The Balaban J connectivity index is 0.00000312. The average molecular weight is 487 g/mol. The van der Waals surface area contributed by atoms with Crippen molar-refractivity contribution in [2.75, 3.05) is 39.1 Å². The fourth-order valence-electron chi connectivity index (χ4n) is 3.56. The van der Waals surface area contributed by atoms with Gasteiger partial charge in [0.05, 0.1) is 4.75 Å². The van der Waals surface area contributed by atoms with E-state index in [1.165, 1.54) is 25.5 Å². The molecule has 1 aliphatic heterocycles. The molecule has 8 heteroatoms. The van der Waals surface area contributed by atoms with Gasteiger partial charge < -0.3 is 15.4 Å². The van der Waals surface area contributed by atoms with Gasteiger partial charge in [-0.3, -0.25) is 4.99 Å². The molecule has 0 aromatic rings. The summed E-state index contributed by atoms with van der Waals surface area (Å²) in [7, 11) is -3.16. The highest BCUT2D eigenvalue weighted by atomic mass is 127. The van der Waals surface area contributed by atoms with Gasteiger partial charge in [-0.25, -0.2) is 8.42 Å². The second-order valence-corrected chi connectivity index (χ2v) is 9.73. The number of aliphatic imine (C=N–C) groups is 1. The number of hydrogen-bond donors (Lipinski definition) is 2. The van der Waals surface area contributed by atoms with Crippen LogP contribution >= 0.6 is 24.0 Å². The van der Waals surface area contributed by atoms with E-state index in [9.17, 15) is 8.42 Å². The van der Waals surface area contributed by atoms with Crippen LogP contribution in [0, 0.1) is 5.41 Å². The fourth-order valence-corrected chi connectivity index (χ4v) is 4.80. The lowest BCUT2D eigenvalue weighted by Gasteiger charge is -2.40. The number of hydrogen-bond acceptors (Lipinski definition) is 4. The zero-order valence-corrected chi connectivity index (χ0v) is 18.9. The van der Waals surface area contributed by atoms with E-state index >= 15 is 0 Å². The maximum Gasteiger partial charge on any atom is 0.191 e. The predicted octanol–water partition coefficient (Wildman–Crippen LogP) is 2.33. The first-order chi connectivity index (χ1) is 11.4. The van der Waals surface area contributed by atoms with Crippen molar-refractivity contribution in [3.05, 3.63) is 0 Å². The van der Waals surface area contributed by atoms with Gasteiger partial charge in [0.2, 0.25) is 0 Å². The van der Waals surface area contributed by atoms with Crippen molar-refractivity contribution in [2.45, 2.75) is 57.1 Å². The summed E-state index contributed by atoms with van der Waals surface area (Å²) < 4.78 is 29.3. The van der Waals surface area contributed by atoms with Gasteiger partial charge in [0, 0.05) is 39.1 Å². The number of halogens is 1. The van der Waals surface area contributed by atoms with Crippen molar-refractivity contribution in [3.63, 3.8) is 0 Å². The summed E-state index contributed by atoms with van der Waals surface area (Å²) in [6.45, 7) is 7.23. The molecule has 0 aromatic heterocycles. The van der Waals surface area contributed by atoms with Crippen molar-refractivity contribution >= 4 is 39.8 Å². The summed E-state index contributed by atoms with van der Waals surface area (Å²) in [6.07, 6.45) is 7.36. The second kappa shape index (κ2) is 9.73. The van der Waals surface area contributed by atoms with E-state index in [1.807, 2.05) is 6.92 Å². The number of ether oxygens (including phenoxy) is 1. The minimum absolute atomic E-state index is 0. The predicted molar refractivity (Wildman–Crippen MR) is 114 cm³/mol. The molecule has 6 nitrogen and oxygen atoms in total. The van der Waals surface area contributed by atoms with Gasteiger partial charge in [-0.2, -0.15) is 0 Å². The van der Waals surface area contributed by atoms with Crippen molar-refractivity contribution in [1.29, 1.82) is 0 Å². The van der Waals surface area contributed by atoms with Crippen LogP contribution in [0.1, 0.15) is 52.4 Å². The van der Waals surface area contributed by atoms with Crippen LogP contribution in [0.25, 0.3) is 0 Å². The average Bonchev–Trinajstić information content (AvgIpc) is 2.51. The highest BCUT2D eigenvalue weighted by molar-refractivity contribution is 14.0. The first-order valence-corrected chi connectivity index (χ1v) is 11.1. The van der Waals surface area contributed by atoms with Crippen LogP contribution in [0.15, 0.2) is 4.99 Å². The first kappa shape index (κ1) is 23.0. The Morgan fingerprint density at radius 1 is 1.12 bits per heavy atom. The number of nitrogens with one attached hydrogen (secondary N) is 2. The van der Waals surface area contributed by atoms with Crippen molar-refractivity contribution in [3.8, 4) is 0 Å². The molecular weight excluding hydrogens is 453 g/mol. The van der Waals surface area contributed by atoms with Crippen LogP contribution in [-0.4, -0.2) is 58.2 Å². The summed E-state index contributed by atoms with van der Waals surface area (Å²) in [6, 6.07) is 0. The molecule has 2 rings (SSSR count). The number of guanidine groups is 1. The van der Waals surface area contributed by atoms with Gasteiger partial charge >= 0.3 is 0 Å². The van der Waals surface area contributed by atoms with Crippen molar-refractivity contribution in [2.24, 2.45) is 10.4 Å². The maximum absolute atomic E-state index is 12.3. The van der Waals surface area contributed by atoms with E-state index < -0.39 is 14.6 Å². The molecule has 1 saturated heterocycles. The molecule has 2 aliphatic rings. The van der Waals surface area contributed by atoms with E-state index in [1.54, 1.807) is 0 Å². The molecule has 1 saturated carbocycles. The third kappa shape index (κ3) is 5.69. The van der Waals surface area contributed by atoms with Crippen LogP contribution < -0.4 is 10.6 Å². The Kier molecular flexibility index (Phi) is 8.93. The number of sulfone groups is 1. The molecule has 0 unspecified atom stereocenters. The number of nitrogens with zero attached hydrogens (tertiary/aromatic N) is 1. The highest BCUT2D eigenvalue weighted by Crippen LogP contribution is 2.43. The van der Waals surface area contributed by atoms with Crippen LogP contribution in [0.3, 0.4) is 0 Å². The molecule has 2 N–H and O–H groups in total. The van der Waals surface area contributed by atoms with Gasteiger partial charge in [0.25, 0.3) is 0 Å².